The Kier molecular flexibility index (Phi) is 4.63. The SMILES string of the molecule is CCO[C@@H]1CCc2c(Oc3cccc(C(=O)NC)c3)cccc21. The van der Waals surface area contributed by atoms with Crippen molar-refractivity contribution >= 4 is 5.91 Å². The molecule has 0 aromatic heterocycles. The van der Waals surface area contributed by atoms with Gasteiger partial charge in [-0.1, -0.05) is 18.2 Å². The van der Waals surface area contributed by atoms with Gasteiger partial charge in [0.2, 0.25) is 0 Å². The van der Waals surface area contributed by atoms with Gasteiger partial charge in [-0.25, -0.2) is 0 Å². The number of carbonyl (C=O) groups is 1. The smallest absolute Gasteiger partial charge is 0.251 e. The van der Waals surface area contributed by atoms with Crippen LogP contribution >= 0.6 is 0 Å². The molecule has 1 N–H and O–H groups in total. The van der Waals surface area contributed by atoms with Crippen LogP contribution in [0.4, 0.5) is 0 Å². The van der Waals surface area contributed by atoms with E-state index in [-0.39, 0.29) is 12.0 Å². The van der Waals surface area contributed by atoms with E-state index in [0.29, 0.717) is 17.9 Å². The summed E-state index contributed by atoms with van der Waals surface area (Å²) in [6.45, 7) is 2.73. The van der Waals surface area contributed by atoms with Crippen LogP contribution in [0.1, 0.15) is 40.9 Å². The van der Waals surface area contributed by atoms with E-state index < -0.39 is 0 Å². The average molecular weight is 311 g/mol. The van der Waals surface area contributed by atoms with E-state index >= 15 is 0 Å². The minimum absolute atomic E-state index is 0.120. The molecule has 0 saturated carbocycles. The first kappa shape index (κ1) is 15.6. The molecule has 2 aromatic rings. The number of nitrogens with one attached hydrogen (secondary N) is 1. The maximum Gasteiger partial charge on any atom is 0.251 e. The van der Waals surface area contributed by atoms with Gasteiger partial charge in [-0.15, -0.1) is 0 Å². The molecule has 0 saturated heterocycles. The largest absolute Gasteiger partial charge is 0.457 e. The third-order valence-electron chi connectivity index (χ3n) is 4.09. The summed E-state index contributed by atoms with van der Waals surface area (Å²) in [5.74, 6) is 1.39. The number of hydrogen-bond acceptors (Lipinski definition) is 3. The molecule has 0 heterocycles. The van der Waals surface area contributed by atoms with Crippen molar-refractivity contribution in [1.82, 2.24) is 5.32 Å². The Morgan fingerprint density at radius 2 is 2.09 bits per heavy atom. The normalized spacial score (nSPS) is 16.0. The summed E-state index contributed by atoms with van der Waals surface area (Å²) in [4.78, 5) is 11.7. The van der Waals surface area contributed by atoms with Gasteiger partial charge >= 0.3 is 0 Å². The summed E-state index contributed by atoms with van der Waals surface area (Å²) in [5.41, 5.74) is 3.01. The fourth-order valence-corrected chi connectivity index (χ4v) is 3.02. The number of ether oxygens (including phenoxy) is 2. The molecule has 0 fully saturated rings. The third kappa shape index (κ3) is 3.22. The summed E-state index contributed by atoms with van der Waals surface area (Å²) in [7, 11) is 1.62. The molecule has 120 valence electrons. The van der Waals surface area contributed by atoms with Gasteiger partial charge in [-0.3, -0.25) is 4.79 Å². The molecule has 4 heteroatoms. The Balaban J connectivity index is 1.86. The molecule has 1 atom stereocenters. The Hall–Kier alpha value is -2.33. The molecule has 2 aromatic carbocycles. The molecule has 1 aliphatic carbocycles. The molecule has 1 aliphatic rings. The summed E-state index contributed by atoms with van der Waals surface area (Å²) in [5, 5.41) is 2.62. The summed E-state index contributed by atoms with van der Waals surface area (Å²) in [6.07, 6.45) is 2.10. The summed E-state index contributed by atoms with van der Waals surface area (Å²) in [6, 6.07) is 13.3. The van der Waals surface area contributed by atoms with Gasteiger partial charge in [0, 0.05) is 24.8 Å². The van der Waals surface area contributed by atoms with E-state index in [0.717, 1.165) is 18.6 Å². The fourth-order valence-electron chi connectivity index (χ4n) is 3.02. The number of benzene rings is 2. The minimum atomic E-state index is -0.120. The first-order chi connectivity index (χ1) is 11.2. The summed E-state index contributed by atoms with van der Waals surface area (Å²) >= 11 is 0. The third-order valence-corrected chi connectivity index (χ3v) is 4.09. The van der Waals surface area contributed by atoms with Crippen LogP contribution in [0.25, 0.3) is 0 Å². The number of carbonyl (C=O) groups excluding carboxylic acids is 1. The van der Waals surface area contributed by atoms with Gasteiger partial charge in [-0.2, -0.15) is 0 Å². The molecule has 0 bridgehead atoms. The lowest BCUT2D eigenvalue weighted by Crippen LogP contribution is -2.17. The average Bonchev–Trinajstić information content (AvgIpc) is 2.99. The molecular weight excluding hydrogens is 290 g/mol. The van der Waals surface area contributed by atoms with Gasteiger partial charge in [0.05, 0.1) is 6.10 Å². The highest BCUT2D eigenvalue weighted by molar-refractivity contribution is 5.94. The predicted octanol–water partition coefficient (Wildman–Crippen LogP) is 3.86. The molecule has 23 heavy (non-hydrogen) atoms. The van der Waals surface area contributed by atoms with Crippen LogP contribution in [0.5, 0.6) is 11.5 Å². The molecule has 3 rings (SSSR count). The van der Waals surface area contributed by atoms with Gasteiger partial charge in [-0.05, 0) is 49.6 Å². The van der Waals surface area contributed by atoms with Crippen molar-refractivity contribution < 1.29 is 14.3 Å². The monoisotopic (exact) mass is 311 g/mol. The maximum atomic E-state index is 11.7. The van der Waals surface area contributed by atoms with E-state index in [9.17, 15) is 4.79 Å². The first-order valence-electron chi connectivity index (χ1n) is 7.96. The highest BCUT2D eigenvalue weighted by atomic mass is 16.5. The minimum Gasteiger partial charge on any atom is -0.457 e. The van der Waals surface area contributed by atoms with Crippen molar-refractivity contribution in [2.75, 3.05) is 13.7 Å². The zero-order chi connectivity index (χ0) is 16.2. The van der Waals surface area contributed by atoms with Crippen LogP contribution in [0.3, 0.4) is 0 Å². The Morgan fingerprint density at radius 3 is 2.87 bits per heavy atom. The standard InChI is InChI=1S/C19H21NO3/c1-3-22-17-11-10-16-15(17)8-5-9-18(16)23-14-7-4-6-13(12-14)19(21)20-2/h4-9,12,17H,3,10-11H2,1-2H3,(H,20,21)/t17-/m1/s1. The Bertz CT molecular complexity index is 712. The van der Waals surface area contributed by atoms with Crippen molar-refractivity contribution in [3.63, 3.8) is 0 Å². The maximum absolute atomic E-state index is 11.7. The summed E-state index contributed by atoms with van der Waals surface area (Å²) < 4.78 is 11.8. The lowest BCUT2D eigenvalue weighted by Gasteiger charge is -2.14. The van der Waals surface area contributed by atoms with Crippen molar-refractivity contribution in [2.24, 2.45) is 0 Å². The molecule has 0 spiro atoms. The van der Waals surface area contributed by atoms with Gasteiger partial charge in [0.25, 0.3) is 5.91 Å². The van der Waals surface area contributed by atoms with Crippen LogP contribution in [0, 0.1) is 0 Å². The topological polar surface area (TPSA) is 47.6 Å². The molecule has 1 amide bonds. The lowest BCUT2D eigenvalue weighted by atomic mass is 10.1. The van der Waals surface area contributed by atoms with E-state index in [1.54, 1.807) is 19.2 Å². The lowest BCUT2D eigenvalue weighted by molar-refractivity contribution is 0.0640. The number of hydrogen-bond donors (Lipinski definition) is 1. The Morgan fingerprint density at radius 1 is 1.26 bits per heavy atom. The van der Waals surface area contributed by atoms with Crippen molar-refractivity contribution in [1.29, 1.82) is 0 Å². The van der Waals surface area contributed by atoms with Crippen LogP contribution < -0.4 is 10.1 Å². The van der Waals surface area contributed by atoms with E-state index in [1.165, 1.54) is 11.1 Å². The van der Waals surface area contributed by atoms with Crippen LogP contribution in [-0.4, -0.2) is 19.6 Å². The molecule has 0 aliphatic heterocycles. The second-order valence-corrected chi connectivity index (χ2v) is 5.52. The first-order valence-corrected chi connectivity index (χ1v) is 7.96. The van der Waals surface area contributed by atoms with Crippen molar-refractivity contribution in [2.45, 2.75) is 25.9 Å². The number of rotatable bonds is 5. The molecular formula is C19H21NO3. The van der Waals surface area contributed by atoms with Gasteiger partial charge in [0.1, 0.15) is 11.5 Å². The molecule has 4 nitrogen and oxygen atoms in total. The van der Waals surface area contributed by atoms with Crippen molar-refractivity contribution in [3.05, 3.63) is 59.2 Å². The van der Waals surface area contributed by atoms with Gasteiger partial charge in [0.15, 0.2) is 0 Å². The number of amides is 1. The van der Waals surface area contributed by atoms with E-state index in [4.69, 9.17) is 9.47 Å². The van der Waals surface area contributed by atoms with Crippen LogP contribution in [-0.2, 0) is 11.2 Å². The zero-order valence-corrected chi connectivity index (χ0v) is 13.5. The second-order valence-electron chi connectivity index (χ2n) is 5.52. The van der Waals surface area contributed by atoms with E-state index in [2.05, 4.69) is 11.4 Å². The molecule has 0 unspecified atom stereocenters. The highest BCUT2D eigenvalue weighted by Crippen LogP contribution is 2.40. The Labute approximate surface area is 136 Å². The van der Waals surface area contributed by atoms with E-state index in [1.807, 2.05) is 31.2 Å². The van der Waals surface area contributed by atoms with Crippen molar-refractivity contribution in [3.8, 4) is 11.5 Å². The second kappa shape index (κ2) is 6.84. The number of fused-ring (bicyclic) bond motifs is 1. The predicted molar refractivity (Wildman–Crippen MR) is 89.0 cm³/mol. The quantitative estimate of drug-likeness (QED) is 0.912. The highest BCUT2D eigenvalue weighted by Gasteiger charge is 2.25. The zero-order valence-electron chi connectivity index (χ0n) is 13.5. The van der Waals surface area contributed by atoms with Crippen LogP contribution in [0.2, 0.25) is 0 Å². The van der Waals surface area contributed by atoms with Crippen LogP contribution in [0.15, 0.2) is 42.5 Å². The molecule has 0 radical (unpaired) electrons. The van der Waals surface area contributed by atoms with Gasteiger partial charge < -0.3 is 14.8 Å². The fraction of sp³-hybridized carbons (Fsp3) is 0.316.